The molecule has 6 aromatic rings. The number of aromatic nitrogens is 4. The van der Waals surface area contributed by atoms with Gasteiger partial charge in [0.05, 0.1) is 22.8 Å². The summed E-state index contributed by atoms with van der Waals surface area (Å²) in [5.74, 6) is 0. The lowest BCUT2D eigenvalue weighted by Gasteiger charge is -2.13. The summed E-state index contributed by atoms with van der Waals surface area (Å²) in [5, 5.41) is 0. The molecule has 0 amide bonds. The third-order valence-electron chi connectivity index (χ3n) is 6.24. The fraction of sp³-hybridized carbons (Fsp3) is 0.0303. The number of benzene rings is 2. The molecule has 0 N–H and O–H groups in total. The van der Waals surface area contributed by atoms with E-state index >= 15 is 0 Å². The minimum absolute atomic E-state index is 0.751. The number of pyridine rings is 4. The van der Waals surface area contributed by atoms with Crippen LogP contribution in [0.3, 0.4) is 0 Å². The molecule has 0 saturated carbocycles. The van der Waals surface area contributed by atoms with Gasteiger partial charge in [-0.15, -0.1) is 0 Å². The zero-order valence-corrected chi connectivity index (χ0v) is 20.2. The quantitative estimate of drug-likeness (QED) is 0.249. The molecule has 176 valence electrons. The Morgan fingerprint density at radius 2 is 0.649 bits per heavy atom. The molecule has 0 aliphatic carbocycles. The van der Waals surface area contributed by atoms with Crippen LogP contribution in [0.2, 0.25) is 0 Å². The van der Waals surface area contributed by atoms with Crippen molar-refractivity contribution in [1.29, 1.82) is 0 Å². The zero-order valence-electron chi connectivity index (χ0n) is 20.2. The Morgan fingerprint density at radius 3 is 0.892 bits per heavy atom. The molecule has 4 nitrogen and oxygen atoms in total. The standard InChI is InChI=1S/C33H24N4/c1-5-13-34-30(9-1)26-18-24(19-27(22-26)31-10-2-6-14-35-31)17-25-20-28(32-11-3-7-15-36-32)23-29(21-25)33-12-4-8-16-37-33/h1-16,18-23H,17H2. The van der Waals surface area contributed by atoms with Crippen molar-refractivity contribution >= 4 is 0 Å². The largest absolute Gasteiger partial charge is 0.256 e. The molecule has 0 radical (unpaired) electrons. The van der Waals surface area contributed by atoms with Crippen molar-refractivity contribution in [3.05, 3.63) is 145 Å². The van der Waals surface area contributed by atoms with Gasteiger partial charge in [0.2, 0.25) is 0 Å². The smallest absolute Gasteiger partial charge is 0.0702 e. The first-order valence-corrected chi connectivity index (χ1v) is 12.3. The molecule has 0 fully saturated rings. The minimum Gasteiger partial charge on any atom is -0.256 e. The van der Waals surface area contributed by atoms with E-state index in [2.05, 4.69) is 56.3 Å². The fourth-order valence-electron chi connectivity index (χ4n) is 4.55. The highest BCUT2D eigenvalue weighted by Gasteiger charge is 2.11. The third-order valence-corrected chi connectivity index (χ3v) is 6.24. The molecule has 4 heteroatoms. The van der Waals surface area contributed by atoms with Crippen LogP contribution in [-0.4, -0.2) is 19.9 Å². The van der Waals surface area contributed by atoms with Gasteiger partial charge in [0.25, 0.3) is 0 Å². The average molecular weight is 477 g/mol. The van der Waals surface area contributed by atoms with Gasteiger partial charge >= 0.3 is 0 Å². The van der Waals surface area contributed by atoms with E-state index in [1.165, 1.54) is 11.1 Å². The van der Waals surface area contributed by atoms with E-state index in [0.29, 0.717) is 0 Å². The van der Waals surface area contributed by atoms with Crippen molar-refractivity contribution < 1.29 is 0 Å². The lowest BCUT2D eigenvalue weighted by molar-refractivity contribution is 1.18. The van der Waals surface area contributed by atoms with Gasteiger partial charge in [0, 0.05) is 47.0 Å². The first-order valence-electron chi connectivity index (χ1n) is 12.3. The topological polar surface area (TPSA) is 51.6 Å². The Kier molecular flexibility index (Phi) is 6.29. The molecule has 6 rings (SSSR count). The molecule has 37 heavy (non-hydrogen) atoms. The highest BCUT2D eigenvalue weighted by molar-refractivity contribution is 5.73. The molecule has 0 spiro atoms. The Labute approximate surface area is 216 Å². The number of nitrogens with zero attached hydrogens (tertiary/aromatic N) is 4. The predicted octanol–water partition coefficient (Wildman–Crippen LogP) is 7.53. The molecule has 0 bridgehead atoms. The van der Waals surface area contributed by atoms with E-state index in [9.17, 15) is 0 Å². The monoisotopic (exact) mass is 476 g/mol. The van der Waals surface area contributed by atoms with Crippen LogP contribution in [0.5, 0.6) is 0 Å². The van der Waals surface area contributed by atoms with Crippen LogP contribution in [0, 0.1) is 0 Å². The maximum absolute atomic E-state index is 4.60. The zero-order chi connectivity index (χ0) is 24.9. The second kappa shape index (κ2) is 10.3. The van der Waals surface area contributed by atoms with Gasteiger partial charge in [-0.1, -0.05) is 24.3 Å². The van der Waals surface area contributed by atoms with Crippen LogP contribution in [0.1, 0.15) is 11.1 Å². The second-order valence-electron chi connectivity index (χ2n) is 8.87. The van der Waals surface area contributed by atoms with Gasteiger partial charge in [-0.2, -0.15) is 0 Å². The summed E-state index contributed by atoms with van der Waals surface area (Å²) in [7, 11) is 0. The normalized spacial score (nSPS) is 10.8. The highest BCUT2D eigenvalue weighted by atomic mass is 14.7. The van der Waals surface area contributed by atoms with Crippen molar-refractivity contribution in [2.45, 2.75) is 6.42 Å². The van der Waals surface area contributed by atoms with Crippen LogP contribution in [-0.2, 0) is 6.42 Å². The van der Waals surface area contributed by atoms with Crippen molar-refractivity contribution in [2.24, 2.45) is 0 Å². The SMILES string of the molecule is c1ccc(-c2cc(Cc3cc(-c4ccccn4)cc(-c4ccccn4)c3)cc(-c3ccccn3)c2)nc1. The van der Waals surface area contributed by atoms with E-state index in [0.717, 1.165) is 51.5 Å². The van der Waals surface area contributed by atoms with Gasteiger partial charge in [0.1, 0.15) is 0 Å². The Balaban J connectivity index is 1.46. The summed E-state index contributed by atoms with van der Waals surface area (Å²) in [4.78, 5) is 18.4. The van der Waals surface area contributed by atoms with Crippen LogP contribution < -0.4 is 0 Å². The summed E-state index contributed by atoms with van der Waals surface area (Å²) < 4.78 is 0. The van der Waals surface area contributed by atoms with Crippen molar-refractivity contribution in [2.75, 3.05) is 0 Å². The summed E-state index contributed by atoms with van der Waals surface area (Å²) in [6.45, 7) is 0. The Bertz CT molecular complexity index is 1380. The van der Waals surface area contributed by atoms with Crippen LogP contribution in [0.4, 0.5) is 0 Å². The molecule has 0 aliphatic heterocycles. The second-order valence-corrected chi connectivity index (χ2v) is 8.87. The predicted molar refractivity (Wildman–Crippen MR) is 149 cm³/mol. The van der Waals surface area contributed by atoms with Crippen molar-refractivity contribution in [1.82, 2.24) is 19.9 Å². The molecule has 4 aromatic heterocycles. The molecule has 2 aromatic carbocycles. The van der Waals surface area contributed by atoms with E-state index in [4.69, 9.17) is 0 Å². The van der Waals surface area contributed by atoms with Gasteiger partial charge in [0.15, 0.2) is 0 Å². The Morgan fingerprint density at radius 1 is 0.351 bits per heavy atom. The maximum Gasteiger partial charge on any atom is 0.0702 e. The average Bonchev–Trinajstić information content (AvgIpc) is 2.99. The van der Waals surface area contributed by atoms with Gasteiger partial charge < -0.3 is 0 Å². The fourth-order valence-corrected chi connectivity index (χ4v) is 4.55. The highest BCUT2D eigenvalue weighted by Crippen LogP contribution is 2.30. The number of hydrogen-bond donors (Lipinski definition) is 0. The molecule has 4 heterocycles. The number of rotatable bonds is 6. The number of hydrogen-bond acceptors (Lipinski definition) is 4. The molecule has 0 saturated heterocycles. The summed E-state index contributed by atoms with van der Waals surface area (Å²) >= 11 is 0. The molecule has 0 unspecified atom stereocenters. The van der Waals surface area contributed by atoms with E-state index in [-0.39, 0.29) is 0 Å². The van der Waals surface area contributed by atoms with E-state index < -0.39 is 0 Å². The van der Waals surface area contributed by atoms with Crippen molar-refractivity contribution in [3.63, 3.8) is 0 Å². The third kappa shape index (κ3) is 5.19. The van der Waals surface area contributed by atoms with Crippen LogP contribution >= 0.6 is 0 Å². The van der Waals surface area contributed by atoms with E-state index in [1.54, 1.807) is 0 Å². The minimum atomic E-state index is 0.751. The summed E-state index contributed by atoms with van der Waals surface area (Å²) in [5.41, 5.74) is 10.4. The van der Waals surface area contributed by atoms with Gasteiger partial charge in [-0.25, -0.2) is 0 Å². The lowest BCUT2D eigenvalue weighted by atomic mass is 9.94. The first-order chi connectivity index (χ1) is 18.3. The molecule has 0 atom stereocenters. The first kappa shape index (κ1) is 22.5. The van der Waals surface area contributed by atoms with Crippen LogP contribution in [0.25, 0.3) is 45.0 Å². The lowest BCUT2D eigenvalue weighted by Crippen LogP contribution is -1.95. The molecule has 0 aliphatic rings. The maximum atomic E-state index is 4.60. The molecular weight excluding hydrogens is 452 g/mol. The van der Waals surface area contributed by atoms with Gasteiger partial charge in [-0.3, -0.25) is 19.9 Å². The van der Waals surface area contributed by atoms with Gasteiger partial charge in [-0.05, 0) is 102 Å². The summed E-state index contributed by atoms with van der Waals surface area (Å²) in [6.07, 6.45) is 8.08. The van der Waals surface area contributed by atoms with E-state index in [1.807, 2.05) is 97.6 Å². The molecular formula is C33H24N4. The van der Waals surface area contributed by atoms with Crippen molar-refractivity contribution in [3.8, 4) is 45.0 Å². The Hall–Kier alpha value is -4.96. The summed E-state index contributed by atoms with van der Waals surface area (Å²) in [6, 6.07) is 37.2. The van der Waals surface area contributed by atoms with Crippen LogP contribution in [0.15, 0.2) is 134 Å².